The fraction of sp³-hybridized carbons (Fsp3) is 0.391. The number of hydrogen-bond donors (Lipinski definition) is 1. The van der Waals surface area contributed by atoms with Gasteiger partial charge in [0.2, 0.25) is 5.71 Å². The zero-order valence-corrected chi connectivity index (χ0v) is 18.6. The molecule has 3 heterocycles. The van der Waals surface area contributed by atoms with E-state index in [1.807, 2.05) is 29.8 Å². The van der Waals surface area contributed by atoms with Gasteiger partial charge in [-0.05, 0) is 32.8 Å². The van der Waals surface area contributed by atoms with Crippen LogP contribution < -0.4 is 10.9 Å². The van der Waals surface area contributed by atoms with Crippen LogP contribution in [0.5, 0.6) is 0 Å². The number of para-hydroxylation sites is 1. The van der Waals surface area contributed by atoms with E-state index >= 15 is 0 Å². The van der Waals surface area contributed by atoms with Crippen LogP contribution in [-0.4, -0.2) is 45.5 Å². The molecule has 0 saturated heterocycles. The van der Waals surface area contributed by atoms with Crippen LogP contribution in [-0.2, 0) is 17.8 Å². The number of carbonyl (C=O) groups excluding carboxylic acids is 1. The van der Waals surface area contributed by atoms with Crippen LogP contribution in [0.2, 0.25) is 0 Å². The van der Waals surface area contributed by atoms with Crippen LogP contribution in [0.25, 0.3) is 22.0 Å². The number of amides is 1. The Labute approximate surface area is 185 Å². The number of methoxy groups -OCH3 is 1. The first-order chi connectivity index (χ1) is 15.5. The van der Waals surface area contributed by atoms with Gasteiger partial charge in [0.1, 0.15) is 17.5 Å². The number of ether oxygens (including phenoxy) is 1. The second kappa shape index (κ2) is 9.35. The predicted molar refractivity (Wildman–Crippen MR) is 121 cm³/mol. The number of nitrogens with zero attached hydrogens (tertiary/aromatic N) is 4. The predicted octanol–water partition coefficient (Wildman–Crippen LogP) is 2.81. The number of hydrogen-bond acceptors (Lipinski definition) is 6. The van der Waals surface area contributed by atoms with Crippen molar-refractivity contribution in [2.75, 3.05) is 20.3 Å². The smallest absolute Gasteiger partial charge is 0.265 e. The Bertz CT molecular complexity index is 1320. The molecule has 1 aromatic carbocycles. The average molecular weight is 438 g/mol. The van der Waals surface area contributed by atoms with Crippen LogP contribution in [0.3, 0.4) is 0 Å². The van der Waals surface area contributed by atoms with Crippen molar-refractivity contribution in [1.29, 1.82) is 0 Å². The molecule has 0 bridgehead atoms. The Kier molecular flexibility index (Phi) is 6.36. The Balaban J connectivity index is 1.45. The van der Waals surface area contributed by atoms with E-state index in [0.717, 1.165) is 16.6 Å². The number of benzene rings is 1. The number of aryl methyl sites for hydroxylation is 4. The fourth-order valence-electron chi connectivity index (χ4n) is 3.93. The number of nitrogens with one attached hydrogen (secondary N) is 1. The van der Waals surface area contributed by atoms with Gasteiger partial charge in [-0.25, -0.2) is 4.98 Å². The van der Waals surface area contributed by atoms with E-state index in [4.69, 9.17) is 9.15 Å². The van der Waals surface area contributed by atoms with E-state index in [2.05, 4.69) is 21.5 Å². The quantitative estimate of drug-likeness (QED) is 0.404. The topological polar surface area (TPSA) is 104 Å². The van der Waals surface area contributed by atoms with Crippen molar-refractivity contribution in [1.82, 2.24) is 24.6 Å². The van der Waals surface area contributed by atoms with Gasteiger partial charge in [-0.1, -0.05) is 18.2 Å². The summed E-state index contributed by atoms with van der Waals surface area (Å²) < 4.78 is 14.1. The number of rotatable bonds is 9. The maximum absolute atomic E-state index is 12.9. The van der Waals surface area contributed by atoms with Crippen LogP contribution in [0.4, 0.5) is 0 Å². The Morgan fingerprint density at radius 3 is 2.81 bits per heavy atom. The molecule has 0 saturated carbocycles. The van der Waals surface area contributed by atoms with Gasteiger partial charge in [-0.15, -0.1) is 0 Å². The third-order valence-electron chi connectivity index (χ3n) is 5.50. The van der Waals surface area contributed by atoms with Gasteiger partial charge in [-0.3, -0.25) is 18.8 Å². The molecular weight excluding hydrogens is 410 g/mol. The fourth-order valence-corrected chi connectivity index (χ4v) is 3.93. The summed E-state index contributed by atoms with van der Waals surface area (Å²) in [4.78, 5) is 30.1. The van der Waals surface area contributed by atoms with Gasteiger partial charge in [0.25, 0.3) is 11.5 Å². The van der Waals surface area contributed by atoms with E-state index < -0.39 is 0 Å². The highest BCUT2D eigenvalue weighted by Gasteiger charge is 2.22. The maximum Gasteiger partial charge on any atom is 0.265 e. The zero-order chi connectivity index (χ0) is 22.7. The first kappa shape index (κ1) is 21.8. The lowest BCUT2D eigenvalue weighted by Crippen LogP contribution is -2.28. The van der Waals surface area contributed by atoms with Crippen LogP contribution in [0, 0.1) is 13.8 Å². The molecule has 9 heteroatoms. The molecule has 0 spiro atoms. The second-order valence-electron chi connectivity index (χ2n) is 7.74. The summed E-state index contributed by atoms with van der Waals surface area (Å²) in [6.07, 6.45) is 2.82. The lowest BCUT2D eigenvalue weighted by molar-refractivity contribution is 0.0952. The molecule has 1 N–H and O–H groups in total. The van der Waals surface area contributed by atoms with E-state index in [0.29, 0.717) is 44.8 Å². The third-order valence-corrected chi connectivity index (χ3v) is 5.50. The van der Waals surface area contributed by atoms with Gasteiger partial charge in [0, 0.05) is 38.7 Å². The van der Waals surface area contributed by atoms with Crippen LogP contribution in [0.15, 0.2) is 39.8 Å². The molecule has 168 valence electrons. The minimum Gasteiger partial charge on any atom is -0.442 e. The summed E-state index contributed by atoms with van der Waals surface area (Å²) in [5.74, 6) is 0.0433. The molecule has 0 atom stereocenters. The highest BCUT2D eigenvalue weighted by atomic mass is 16.5. The lowest BCUT2D eigenvalue weighted by atomic mass is 10.1. The third kappa shape index (κ3) is 4.16. The molecule has 0 fully saturated rings. The number of aromatic nitrogens is 4. The monoisotopic (exact) mass is 437 g/mol. The molecule has 32 heavy (non-hydrogen) atoms. The molecule has 1 amide bonds. The molecule has 0 aliphatic carbocycles. The van der Waals surface area contributed by atoms with Gasteiger partial charge in [0.15, 0.2) is 0 Å². The summed E-state index contributed by atoms with van der Waals surface area (Å²) in [6.45, 7) is 5.77. The molecule has 9 nitrogen and oxygen atoms in total. The minimum absolute atomic E-state index is 0.180. The van der Waals surface area contributed by atoms with Crippen LogP contribution in [0.1, 0.15) is 34.7 Å². The van der Waals surface area contributed by atoms with E-state index in [9.17, 15) is 9.59 Å². The van der Waals surface area contributed by atoms with Gasteiger partial charge < -0.3 is 14.5 Å². The number of furan rings is 1. The summed E-state index contributed by atoms with van der Waals surface area (Å²) in [7, 11) is 1.61. The Hall–Kier alpha value is -3.46. The summed E-state index contributed by atoms with van der Waals surface area (Å²) in [5, 5.41) is 8.84. The van der Waals surface area contributed by atoms with Gasteiger partial charge >= 0.3 is 0 Å². The molecule has 3 aromatic heterocycles. The van der Waals surface area contributed by atoms with Crippen molar-refractivity contribution in [3.05, 3.63) is 58.0 Å². The average Bonchev–Trinajstić information content (AvgIpc) is 3.30. The molecule has 4 rings (SSSR count). The van der Waals surface area contributed by atoms with Gasteiger partial charge in [-0.2, -0.15) is 5.10 Å². The van der Waals surface area contributed by atoms with Crippen molar-refractivity contribution in [3.63, 3.8) is 0 Å². The number of carbonyl (C=O) groups is 1. The molecule has 0 aliphatic rings. The SMILES string of the molecule is COCCCn1cnc2oc(C)c(C(=O)NCCCn3nc(C)c4ccccc43)c2c1=O. The highest BCUT2D eigenvalue weighted by molar-refractivity contribution is 6.06. The first-order valence-corrected chi connectivity index (χ1v) is 10.7. The zero-order valence-electron chi connectivity index (χ0n) is 18.6. The Morgan fingerprint density at radius 1 is 1.19 bits per heavy atom. The second-order valence-corrected chi connectivity index (χ2v) is 7.74. The molecular formula is C23H27N5O4. The van der Waals surface area contributed by atoms with Crippen LogP contribution >= 0.6 is 0 Å². The normalized spacial score (nSPS) is 11.5. The van der Waals surface area contributed by atoms with E-state index in [-0.39, 0.29) is 28.1 Å². The standard InChI is InChI=1S/C23H27N5O4/c1-15-17-8-4-5-9-18(17)28(26-15)12-6-10-24-21(29)19-16(2)32-22-20(19)23(30)27(14-25-22)11-7-13-31-3/h4-5,8-9,14H,6-7,10-13H2,1-3H3,(H,24,29). The minimum atomic E-state index is -0.337. The highest BCUT2D eigenvalue weighted by Crippen LogP contribution is 2.21. The largest absolute Gasteiger partial charge is 0.442 e. The Morgan fingerprint density at radius 2 is 2.00 bits per heavy atom. The first-order valence-electron chi connectivity index (χ1n) is 10.7. The van der Waals surface area contributed by atoms with E-state index in [1.54, 1.807) is 14.0 Å². The van der Waals surface area contributed by atoms with Crippen molar-refractivity contribution in [3.8, 4) is 0 Å². The lowest BCUT2D eigenvalue weighted by Gasteiger charge is -2.07. The van der Waals surface area contributed by atoms with Crippen molar-refractivity contribution in [2.45, 2.75) is 39.8 Å². The molecule has 0 unspecified atom stereocenters. The maximum atomic E-state index is 12.9. The number of fused-ring (bicyclic) bond motifs is 2. The molecule has 0 radical (unpaired) electrons. The van der Waals surface area contributed by atoms with Gasteiger partial charge in [0.05, 0.1) is 16.8 Å². The summed E-state index contributed by atoms with van der Waals surface area (Å²) in [5.41, 5.74) is 2.21. The van der Waals surface area contributed by atoms with Crippen molar-refractivity contribution < 1.29 is 13.9 Å². The molecule has 0 aliphatic heterocycles. The van der Waals surface area contributed by atoms with Crippen molar-refractivity contribution >= 4 is 27.9 Å². The van der Waals surface area contributed by atoms with Crippen molar-refractivity contribution in [2.24, 2.45) is 0 Å². The molecule has 4 aromatic rings. The van der Waals surface area contributed by atoms with E-state index in [1.165, 1.54) is 10.9 Å². The summed E-state index contributed by atoms with van der Waals surface area (Å²) in [6, 6.07) is 8.09. The summed E-state index contributed by atoms with van der Waals surface area (Å²) >= 11 is 0.